The molecule has 0 aromatic heterocycles. The average Bonchev–Trinajstić information content (AvgIpc) is 2.37. The highest BCUT2D eigenvalue weighted by atomic mass is 19.4. The Balaban J connectivity index is 2.45. The van der Waals surface area contributed by atoms with Crippen molar-refractivity contribution in [2.75, 3.05) is 5.73 Å². The second kappa shape index (κ2) is 5.90. The fourth-order valence-electron chi connectivity index (χ4n) is 1.85. The van der Waals surface area contributed by atoms with Gasteiger partial charge in [0.15, 0.2) is 0 Å². The van der Waals surface area contributed by atoms with E-state index < -0.39 is 24.2 Å². The number of anilines is 1. The van der Waals surface area contributed by atoms with Gasteiger partial charge in [0.2, 0.25) is 0 Å². The first-order valence-corrected chi connectivity index (χ1v) is 6.05. The van der Waals surface area contributed by atoms with Crippen LogP contribution in [0.25, 0.3) is 11.1 Å². The van der Waals surface area contributed by atoms with E-state index in [1.165, 1.54) is 18.2 Å². The average molecular weight is 337 g/mol. The van der Waals surface area contributed by atoms with Crippen LogP contribution in [0.1, 0.15) is 0 Å². The lowest BCUT2D eigenvalue weighted by atomic mass is 10.0. The van der Waals surface area contributed by atoms with Gasteiger partial charge < -0.3 is 15.2 Å². The summed E-state index contributed by atoms with van der Waals surface area (Å²) in [6.45, 7) is 0. The minimum Gasteiger partial charge on any atom is -0.406 e. The molecule has 9 heteroatoms. The van der Waals surface area contributed by atoms with Crippen LogP contribution in [0.3, 0.4) is 0 Å². The van der Waals surface area contributed by atoms with Gasteiger partial charge in [0.25, 0.3) is 0 Å². The molecule has 0 amide bonds. The molecule has 2 aromatic rings. The van der Waals surface area contributed by atoms with Crippen LogP contribution < -0.4 is 15.2 Å². The molecule has 3 nitrogen and oxygen atoms in total. The molecule has 0 heterocycles. The van der Waals surface area contributed by atoms with Crippen molar-refractivity contribution in [2.24, 2.45) is 0 Å². The van der Waals surface area contributed by atoms with Crippen molar-refractivity contribution in [3.63, 3.8) is 0 Å². The van der Waals surface area contributed by atoms with E-state index in [4.69, 9.17) is 5.73 Å². The lowest BCUT2D eigenvalue weighted by Gasteiger charge is -2.15. The molecular formula is C14H9F6NO2. The Morgan fingerprint density at radius 2 is 1.43 bits per heavy atom. The first-order valence-electron chi connectivity index (χ1n) is 6.05. The van der Waals surface area contributed by atoms with Gasteiger partial charge in [-0.25, -0.2) is 0 Å². The van der Waals surface area contributed by atoms with Gasteiger partial charge in [-0.2, -0.15) is 0 Å². The monoisotopic (exact) mass is 337 g/mol. The van der Waals surface area contributed by atoms with Crippen LogP contribution in [0, 0.1) is 0 Å². The fourth-order valence-corrected chi connectivity index (χ4v) is 1.85. The van der Waals surface area contributed by atoms with E-state index in [2.05, 4.69) is 9.47 Å². The molecule has 0 saturated carbocycles. The summed E-state index contributed by atoms with van der Waals surface area (Å²) in [7, 11) is 0. The second-order valence-corrected chi connectivity index (χ2v) is 4.38. The van der Waals surface area contributed by atoms with Gasteiger partial charge in [-0.3, -0.25) is 0 Å². The predicted octanol–water partition coefficient (Wildman–Crippen LogP) is 4.73. The summed E-state index contributed by atoms with van der Waals surface area (Å²) in [4.78, 5) is 0. The van der Waals surface area contributed by atoms with Gasteiger partial charge >= 0.3 is 12.7 Å². The molecule has 2 aromatic carbocycles. The number of halogens is 6. The molecule has 0 aliphatic heterocycles. The van der Waals surface area contributed by atoms with Crippen LogP contribution in [0.15, 0.2) is 42.5 Å². The van der Waals surface area contributed by atoms with Gasteiger partial charge in [-0.1, -0.05) is 12.1 Å². The number of nitrogen functional groups attached to an aromatic ring is 1. The molecule has 2 N–H and O–H groups in total. The van der Waals surface area contributed by atoms with Crippen molar-refractivity contribution in [1.82, 2.24) is 0 Å². The molecule has 0 radical (unpaired) electrons. The first kappa shape index (κ1) is 16.8. The topological polar surface area (TPSA) is 44.5 Å². The van der Waals surface area contributed by atoms with E-state index in [0.717, 1.165) is 24.3 Å². The Kier molecular flexibility index (Phi) is 4.31. The van der Waals surface area contributed by atoms with Gasteiger partial charge in [0, 0.05) is 11.3 Å². The van der Waals surface area contributed by atoms with E-state index in [-0.39, 0.29) is 16.8 Å². The Labute approximate surface area is 126 Å². The summed E-state index contributed by atoms with van der Waals surface area (Å²) in [6, 6.07) is 7.79. The minimum atomic E-state index is -4.95. The standard InChI is InChI=1S/C14H9F6NO2/c15-13(16,17)22-10-3-1-2-8(6-10)11-7-9(21)4-5-12(11)23-14(18,19)20/h1-7H,21H2. The summed E-state index contributed by atoms with van der Waals surface area (Å²) >= 11 is 0. The van der Waals surface area contributed by atoms with Crippen LogP contribution in [0.5, 0.6) is 11.5 Å². The third-order valence-corrected chi connectivity index (χ3v) is 2.61. The van der Waals surface area contributed by atoms with E-state index in [1.807, 2.05) is 0 Å². The number of alkyl halides is 6. The maximum atomic E-state index is 12.4. The highest BCUT2D eigenvalue weighted by Gasteiger charge is 2.33. The SMILES string of the molecule is Nc1ccc(OC(F)(F)F)c(-c2cccc(OC(F)(F)F)c2)c1. The molecule has 0 bridgehead atoms. The molecular weight excluding hydrogens is 328 g/mol. The lowest BCUT2D eigenvalue weighted by Crippen LogP contribution is -2.18. The maximum absolute atomic E-state index is 12.4. The Bertz CT molecular complexity index is 696. The number of hydrogen-bond donors (Lipinski definition) is 1. The molecule has 0 atom stereocenters. The number of hydrogen-bond acceptors (Lipinski definition) is 3. The normalized spacial score (nSPS) is 12.1. The highest BCUT2D eigenvalue weighted by molar-refractivity contribution is 5.74. The Morgan fingerprint density at radius 1 is 0.783 bits per heavy atom. The zero-order valence-electron chi connectivity index (χ0n) is 11.2. The molecule has 124 valence electrons. The van der Waals surface area contributed by atoms with Crippen molar-refractivity contribution in [3.05, 3.63) is 42.5 Å². The fraction of sp³-hybridized carbons (Fsp3) is 0.143. The zero-order chi connectivity index (χ0) is 17.3. The van der Waals surface area contributed by atoms with Crippen LogP contribution in [0.4, 0.5) is 32.0 Å². The van der Waals surface area contributed by atoms with Gasteiger partial charge in [-0.05, 0) is 35.9 Å². The summed E-state index contributed by atoms with van der Waals surface area (Å²) in [6.07, 6.45) is -9.87. The van der Waals surface area contributed by atoms with E-state index in [0.29, 0.717) is 0 Å². The number of ether oxygens (including phenoxy) is 2. The summed E-state index contributed by atoms with van der Waals surface area (Å²) in [5.41, 5.74) is 5.55. The van der Waals surface area contributed by atoms with Crippen molar-refractivity contribution in [2.45, 2.75) is 12.7 Å². The third kappa shape index (κ3) is 4.97. The van der Waals surface area contributed by atoms with Crippen molar-refractivity contribution < 1.29 is 35.8 Å². The second-order valence-electron chi connectivity index (χ2n) is 4.38. The molecule has 0 fully saturated rings. The molecule has 0 aliphatic carbocycles. The van der Waals surface area contributed by atoms with Crippen LogP contribution in [-0.2, 0) is 0 Å². The number of nitrogens with two attached hydrogens (primary N) is 1. The molecule has 0 saturated heterocycles. The highest BCUT2D eigenvalue weighted by Crippen LogP contribution is 2.37. The molecule has 23 heavy (non-hydrogen) atoms. The molecule has 0 spiro atoms. The third-order valence-electron chi connectivity index (χ3n) is 2.61. The smallest absolute Gasteiger partial charge is 0.406 e. The minimum absolute atomic E-state index is 0.0262. The predicted molar refractivity (Wildman–Crippen MR) is 69.7 cm³/mol. The number of rotatable bonds is 3. The van der Waals surface area contributed by atoms with E-state index in [9.17, 15) is 26.3 Å². The quantitative estimate of drug-likeness (QED) is 0.650. The van der Waals surface area contributed by atoms with Crippen molar-refractivity contribution in [1.29, 1.82) is 0 Å². The van der Waals surface area contributed by atoms with E-state index in [1.54, 1.807) is 0 Å². The molecule has 0 unspecified atom stereocenters. The van der Waals surface area contributed by atoms with Gasteiger partial charge in [0.1, 0.15) is 11.5 Å². The van der Waals surface area contributed by atoms with E-state index >= 15 is 0 Å². The number of benzene rings is 2. The zero-order valence-corrected chi connectivity index (χ0v) is 11.2. The summed E-state index contributed by atoms with van der Waals surface area (Å²) < 4.78 is 81.5. The Hall–Kier alpha value is -2.58. The van der Waals surface area contributed by atoms with Gasteiger partial charge in [0.05, 0.1) is 0 Å². The molecule has 2 rings (SSSR count). The van der Waals surface area contributed by atoms with Crippen LogP contribution in [0.2, 0.25) is 0 Å². The summed E-state index contributed by atoms with van der Waals surface area (Å²) in [5.74, 6) is -1.16. The first-order chi connectivity index (χ1) is 10.5. The summed E-state index contributed by atoms with van der Waals surface area (Å²) in [5, 5.41) is 0. The Morgan fingerprint density at radius 3 is 2.04 bits per heavy atom. The van der Waals surface area contributed by atoms with Crippen LogP contribution in [-0.4, -0.2) is 12.7 Å². The maximum Gasteiger partial charge on any atom is 0.573 e. The largest absolute Gasteiger partial charge is 0.573 e. The van der Waals surface area contributed by atoms with Crippen LogP contribution >= 0.6 is 0 Å². The van der Waals surface area contributed by atoms with Gasteiger partial charge in [-0.15, -0.1) is 26.3 Å². The lowest BCUT2D eigenvalue weighted by molar-refractivity contribution is -0.275. The van der Waals surface area contributed by atoms with Crippen molar-refractivity contribution in [3.8, 4) is 22.6 Å². The van der Waals surface area contributed by atoms with Crippen molar-refractivity contribution >= 4 is 5.69 Å². The molecule has 0 aliphatic rings.